The highest BCUT2D eigenvalue weighted by atomic mass is 16.7. The fourth-order valence-corrected chi connectivity index (χ4v) is 2.05. The first kappa shape index (κ1) is 17.7. The second-order valence-corrected chi connectivity index (χ2v) is 7.67. The minimum atomic E-state index is -0.0385. The third-order valence-corrected chi connectivity index (χ3v) is 3.71. The zero-order valence-electron chi connectivity index (χ0n) is 14.7. The Balaban J connectivity index is 3.23. The molecule has 0 atom stereocenters. The van der Waals surface area contributed by atoms with Crippen LogP contribution in [-0.4, -0.2) is 25.1 Å². The maximum atomic E-state index is 12.1. The van der Waals surface area contributed by atoms with Crippen molar-refractivity contribution in [2.45, 2.75) is 58.8 Å². The Morgan fingerprint density at radius 3 is 1.76 bits per heavy atom. The zero-order chi connectivity index (χ0) is 16.4. The van der Waals surface area contributed by atoms with E-state index in [1.807, 2.05) is 0 Å². The van der Waals surface area contributed by atoms with Crippen molar-refractivity contribution in [2.24, 2.45) is 0 Å². The van der Waals surface area contributed by atoms with E-state index in [1.54, 1.807) is 7.05 Å². The Kier molecular flexibility index (Phi) is 5.21. The number of amides is 1. The highest BCUT2D eigenvalue weighted by Crippen LogP contribution is 2.30. The summed E-state index contributed by atoms with van der Waals surface area (Å²) in [5.41, 5.74) is 3.69. The van der Waals surface area contributed by atoms with Gasteiger partial charge in [0.2, 0.25) is 5.91 Å². The van der Waals surface area contributed by atoms with Crippen LogP contribution in [0.4, 0.5) is 0 Å². The van der Waals surface area contributed by atoms with E-state index in [1.165, 1.54) is 23.3 Å². The Labute approximate surface area is 129 Å². The Bertz CT molecular complexity index is 475. The second-order valence-electron chi connectivity index (χ2n) is 7.67. The molecule has 1 aromatic carbocycles. The summed E-state index contributed by atoms with van der Waals surface area (Å²) in [4.78, 5) is 17.0. The molecule has 0 N–H and O–H groups in total. The first-order valence-corrected chi connectivity index (χ1v) is 7.40. The van der Waals surface area contributed by atoms with Crippen molar-refractivity contribution in [3.05, 3.63) is 34.9 Å². The van der Waals surface area contributed by atoms with E-state index in [0.29, 0.717) is 6.42 Å². The van der Waals surface area contributed by atoms with Gasteiger partial charge < -0.3 is 0 Å². The molecule has 0 aliphatic rings. The van der Waals surface area contributed by atoms with Crippen LogP contribution in [0.15, 0.2) is 18.2 Å². The van der Waals surface area contributed by atoms with E-state index in [4.69, 9.17) is 4.84 Å². The van der Waals surface area contributed by atoms with E-state index < -0.39 is 0 Å². The molecule has 0 unspecified atom stereocenters. The molecule has 0 aliphatic heterocycles. The minimum Gasteiger partial charge on any atom is -0.275 e. The van der Waals surface area contributed by atoms with Crippen molar-refractivity contribution in [3.63, 3.8) is 0 Å². The lowest BCUT2D eigenvalue weighted by Gasteiger charge is -2.26. The smallest absolute Gasteiger partial charge is 0.250 e. The van der Waals surface area contributed by atoms with Gasteiger partial charge in [0.1, 0.15) is 0 Å². The Morgan fingerprint density at radius 2 is 1.43 bits per heavy atom. The molecule has 0 fully saturated rings. The third kappa shape index (κ3) is 4.85. The van der Waals surface area contributed by atoms with E-state index in [2.05, 4.69) is 59.7 Å². The number of hydrogen-bond acceptors (Lipinski definition) is 2. The average molecular weight is 291 g/mol. The van der Waals surface area contributed by atoms with Gasteiger partial charge in [-0.15, -0.1) is 0 Å². The molecular weight excluding hydrogens is 262 g/mol. The van der Waals surface area contributed by atoms with Crippen molar-refractivity contribution in [1.29, 1.82) is 0 Å². The first-order valence-electron chi connectivity index (χ1n) is 7.40. The van der Waals surface area contributed by atoms with Gasteiger partial charge in [-0.05, 0) is 27.5 Å². The molecule has 1 amide bonds. The number of benzene rings is 1. The van der Waals surface area contributed by atoms with Gasteiger partial charge in [0.05, 0.1) is 13.5 Å². The first-order chi connectivity index (χ1) is 9.45. The molecule has 0 bridgehead atoms. The molecule has 118 valence electrons. The number of likely N-dealkylation sites (N-methyl/N-ethyl adjacent to an activating group) is 1. The molecule has 21 heavy (non-hydrogen) atoms. The number of hydrogen-bond donors (Lipinski definition) is 0. The van der Waals surface area contributed by atoms with Gasteiger partial charge in [-0.3, -0.25) is 9.63 Å². The maximum absolute atomic E-state index is 12.1. The normalized spacial score (nSPS) is 12.4. The lowest BCUT2D eigenvalue weighted by atomic mass is 9.79. The molecule has 3 heteroatoms. The summed E-state index contributed by atoms with van der Waals surface area (Å²) in [5.74, 6) is -0.0385. The highest BCUT2D eigenvalue weighted by molar-refractivity contribution is 5.77. The van der Waals surface area contributed by atoms with Crippen molar-refractivity contribution in [3.8, 4) is 0 Å². The Morgan fingerprint density at radius 1 is 1.00 bits per heavy atom. The predicted molar refractivity (Wildman–Crippen MR) is 87.3 cm³/mol. The zero-order valence-corrected chi connectivity index (χ0v) is 14.7. The average Bonchev–Trinajstić information content (AvgIpc) is 2.35. The molecule has 0 spiro atoms. The monoisotopic (exact) mass is 291 g/mol. The van der Waals surface area contributed by atoms with Crippen LogP contribution in [0.2, 0.25) is 0 Å². The van der Waals surface area contributed by atoms with Crippen LogP contribution in [0.3, 0.4) is 0 Å². The SMILES string of the molecule is CON(C)C(=O)Cc1cc(C(C)(C)C)cc(C(C)(C)C)c1. The van der Waals surface area contributed by atoms with Crippen LogP contribution in [0.1, 0.15) is 58.2 Å². The second kappa shape index (κ2) is 6.18. The van der Waals surface area contributed by atoms with E-state index in [0.717, 1.165) is 5.56 Å². The lowest BCUT2D eigenvalue weighted by Crippen LogP contribution is -2.27. The van der Waals surface area contributed by atoms with Gasteiger partial charge >= 0.3 is 0 Å². The van der Waals surface area contributed by atoms with Gasteiger partial charge in [-0.2, -0.15) is 0 Å². The summed E-state index contributed by atoms with van der Waals surface area (Å²) < 4.78 is 0. The topological polar surface area (TPSA) is 29.5 Å². The largest absolute Gasteiger partial charge is 0.275 e. The number of nitrogens with zero attached hydrogens (tertiary/aromatic N) is 1. The molecule has 0 heterocycles. The summed E-state index contributed by atoms with van der Waals surface area (Å²) >= 11 is 0. The van der Waals surface area contributed by atoms with Gasteiger partial charge in [0, 0.05) is 7.05 Å². The van der Waals surface area contributed by atoms with Crippen LogP contribution >= 0.6 is 0 Å². The van der Waals surface area contributed by atoms with Crippen LogP contribution in [0, 0.1) is 0 Å². The fraction of sp³-hybridized carbons (Fsp3) is 0.611. The van der Waals surface area contributed by atoms with Crippen LogP contribution in [0.25, 0.3) is 0 Å². The molecule has 0 aliphatic carbocycles. The van der Waals surface area contributed by atoms with E-state index in [9.17, 15) is 4.79 Å². The van der Waals surface area contributed by atoms with Gasteiger partial charge in [-0.25, -0.2) is 5.06 Å². The van der Waals surface area contributed by atoms with Crippen molar-refractivity contribution < 1.29 is 9.63 Å². The lowest BCUT2D eigenvalue weighted by molar-refractivity contribution is -0.167. The van der Waals surface area contributed by atoms with Crippen molar-refractivity contribution in [1.82, 2.24) is 5.06 Å². The van der Waals surface area contributed by atoms with E-state index in [-0.39, 0.29) is 16.7 Å². The summed E-state index contributed by atoms with van der Waals surface area (Å²) in [7, 11) is 3.14. The van der Waals surface area contributed by atoms with Crippen molar-refractivity contribution >= 4 is 5.91 Å². The molecule has 0 saturated heterocycles. The molecule has 0 radical (unpaired) electrons. The summed E-state index contributed by atoms with van der Waals surface area (Å²) in [5, 5.41) is 1.28. The maximum Gasteiger partial charge on any atom is 0.250 e. The Hall–Kier alpha value is -1.35. The molecule has 0 aromatic heterocycles. The molecule has 1 rings (SSSR count). The third-order valence-electron chi connectivity index (χ3n) is 3.71. The standard InChI is InChI=1S/C18H29NO2/c1-17(2,3)14-9-13(11-16(20)19(7)21-8)10-15(12-14)18(4,5)6/h9-10,12H,11H2,1-8H3. The fourth-order valence-electron chi connectivity index (χ4n) is 2.05. The molecule has 1 aromatic rings. The van der Waals surface area contributed by atoms with Crippen LogP contribution in [0.5, 0.6) is 0 Å². The van der Waals surface area contributed by atoms with E-state index >= 15 is 0 Å². The van der Waals surface area contributed by atoms with Crippen LogP contribution in [-0.2, 0) is 26.9 Å². The predicted octanol–water partition coefficient (Wildman–Crippen LogP) is 3.84. The molecule has 3 nitrogen and oxygen atoms in total. The van der Waals surface area contributed by atoms with Gasteiger partial charge in [0.25, 0.3) is 0 Å². The number of rotatable bonds is 3. The quantitative estimate of drug-likeness (QED) is 0.792. The van der Waals surface area contributed by atoms with Gasteiger partial charge in [0.15, 0.2) is 0 Å². The number of carbonyl (C=O) groups excluding carboxylic acids is 1. The summed E-state index contributed by atoms with van der Waals surface area (Å²) in [6.45, 7) is 13.2. The van der Waals surface area contributed by atoms with Crippen LogP contribution < -0.4 is 0 Å². The highest BCUT2D eigenvalue weighted by Gasteiger charge is 2.21. The number of carbonyl (C=O) groups is 1. The number of hydroxylamine groups is 2. The molecular formula is C18H29NO2. The summed E-state index contributed by atoms with van der Waals surface area (Å²) in [6, 6.07) is 6.53. The van der Waals surface area contributed by atoms with Crippen molar-refractivity contribution in [2.75, 3.05) is 14.2 Å². The minimum absolute atomic E-state index is 0.0385. The summed E-state index contributed by atoms with van der Waals surface area (Å²) in [6.07, 6.45) is 0.358. The van der Waals surface area contributed by atoms with Gasteiger partial charge in [-0.1, -0.05) is 59.7 Å². The molecule has 0 saturated carbocycles.